The number of hydrogen-bond donors (Lipinski definition) is 0. The Bertz CT molecular complexity index is 431. The van der Waals surface area contributed by atoms with Crippen molar-refractivity contribution in [2.75, 3.05) is 0 Å². The van der Waals surface area contributed by atoms with Gasteiger partial charge in [0.2, 0.25) is 0 Å². The van der Waals surface area contributed by atoms with Gasteiger partial charge in [-0.25, -0.2) is 0 Å². The Kier molecular flexibility index (Phi) is 8.75. The maximum Gasteiger partial charge on any atom is 0.142 e. The molecule has 0 amide bonds. The molecule has 1 unspecified atom stereocenters. The Morgan fingerprint density at radius 3 is 2.36 bits per heavy atom. The van der Waals surface area contributed by atoms with Crippen LogP contribution in [0, 0.1) is 18.8 Å². The molecule has 1 aromatic carbocycles. The van der Waals surface area contributed by atoms with E-state index < -0.39 is 0 Å². The van der Waals surface area contributed by atoms with E-state index >= 15 is 0 Å². The average Bonchev–Trinajstić information content (AvgIpc) is 2.45. The van der Waals surface area contributed by atoms with Crippen LogP contribution < -0.4 is 4.74 Å². The number of benzene rings is 1. The smallest absolute Gasteiger partial charge is 0.142 e. The summed E-state index contributed by atoms with van der Waals surface area (Å²) in [7, 11) is 4.15. The first-order chi connectivity index (χ1) is 10.4. The van der Waals surface area contributed by atoms with Crippen molar-refractivity contribution < 1.29 is 4.74 Å². The third-order valence-corrected chi connectivity index (χ3v) is 4.71. The van der Waals surface area contributed by atoms with Gasteiger partial charge in [0, 0.05) is 5.90 Å². The standard InChI is InChI=1S/C19H34B2O/c1-5-6-7-8-9-14(2)15(3)12-17-10-11-18(13-16(17)4)22-19(20)21/h10-11,13-15,19H,5-9,12,20-21H2,1-4H3/t14?,15-/m0/s1. The lowest BCUT2D eigenvalue weighted by Gasteiger charge is -2.21. The second-order valence-corrected chi connectivity index (χ2v) is 7.26. The summed E-state index contributed by atoms with van der Waals surface area (Å²) in [6.07, 6.45) is 8.05. The van der Waals surface area contributed by atoms with Gasteiger partial charge in [0.05, 0.1) is 0 Å². The van der Waals surface area contributed by atoms with Crippen LogP contribution in [0.3, 0.4) is 0 Å². The van der Waals surface area contributed by atoms with E-state index in [0.29, 0.717) is 0 Å². The first-order valence-corrected chi connectivity index (χ1v) is 9.20. The zero-order valence-corrected chi connectivity index (χ0v) is 15.6. The van der Waals surface area contributed by atoms with Gasteiger partial charge in [0.1, 0.15) is 21.4 Å². The molecule has 0 aliphatic carbocycles. The van der Waals surface area contributed by atoms with Crippen molar-refractivity contribution in [3.8, 4) is 5.75 Å². The van der Waals surface area contributed by atoms with Crippen molar-refractivity contribution in [2.45, 2.75) is 72.1 Å². The number of ether oxygens (including phenoxy) is 1. The van der Waals surface area contributed by atoms with Crippen molar-refractivity contribution in [1.29, 1.82) is 0 Å². The van der Waals surface area contributed by atoms with Crippen molar-refractivity contribution in [3.63, 3.8) is 0 Å². The molecule has 0 saturated heterocycles. The minimum atomic E-state index is 0.243. The summed E-state index contributed by atoms with van der Waals surface area (Å²) in [6, 6.07) is 6.57. The number of rotatable bonds is 10. The summed E-state index contributed by atoms with van der Waals surface area (Å²) in [5.74, 6) is 2.80. The van der Waals surface area contributed by atoms with Crippen LogP contribution in [0.2, 0.25) is 0 Å². The summed E-state index contributed by atoms with van der Waals surface area (Å²) < 4.78 is 5.78. The van der Waals surface area contributed by atoms with E-state index in [1.807, 2.05) is 0 Å². The van der Waals surface area contributed by atoms with Crippen LogP contribution in [0.5, 0.6) is 5.75 Å². The van der Waals surface area contributed by atoms with Gasteiger partial charge in [0.25, 0.3) is 0 Å². The van der Waals surface area contributed by atoms with Gasteiger partial charge in [-0.05, 0) is 48.4 Å². The minimum Gasteiger partial charge on any atom is -0.508 e. The molecular weight excluding hydrogens is 266 g/mol. The molecule has 0 fully saturated rings. The fourth-order valence-corrected chi connectivity index (χ4v) is 2.97. The third-order valence-electron chi connectivity index (χ3n) is 4.71. The zero-order valence-electron chi connectivity index (χ0n) is 15.6. The zero-order chi connectivity index (χ0) is 16.5. The van der Waals surface area contributed by atoms with E-state index in [1.54, 1.807) is 0 Å². The van der Waals surface area contributed by atoms with Gasteiger partial charge < -0.3 is 4.74 Å². The van der Waals surface area contributed by atoms with E-state index in [0.717, 1.165) is 17.6 Å². The quantitative estimate of drug-likeness (QED) is 0.473. The van der Waals surface area contributed by atoms with Crippen LogP contribution >= 0.6 is 0 Å². The first-order valence-electron chi connectivity index (χ1n) is 9.20. The monoisotopic (exact) mass is 300 g/mol. The normalized spacial score (nSPS) is 14.0. The molecule has 0 bridgehead atoms. The molecule has 2 atom stereocenters. The predicted molar refractivity (Wildman–Crippen MR) is 103 cm³/mol. The second kappa shape index (κ2) is 10.0. The maximum absolute atomic E-state index is 5.78. The second-order valence-electron chi connectivity index (χ2n) is 7.26. The molecule has 0 radical (unpaired) electrons. The highest BCUT2D eigenvalue weighted by Crippen LogP contribution is 2.26. The Morgan fingerprint density at radius 2 is 1.77 bits per heavy atom. The number of unbranched alkanes of at least 4 members (excludes halogenated alkanes) is 3. The first kappa shape index (κ1) is 19.2. The Balaban J connectivity index is 2.51. The molecule has 0 spiro atoms. The summed E-state index contributed by atoms with van der Waals surface area (Å²) in [4.78, 5) is 0. The van der Waals surface area contributed by atoms with Crippen molar-refractivity contribution >= 4 is 15.7 Å². The molecule has 0 N–H and O–H groups in total. The fraction of sp³-hybridized carbons (Fsp3) is 0.684. The van der Waals surface area contributed by atoms with Gasteiger partial charge >= 0.3 is 0 Å². The maximum atomic E-state index is 5.78. The molecule has 0 aromatic heterocycles. The summed E-state index contributed by atoms with van der Waals surface area (Å²) >= 11 is 0. The van der Waals surface area contributed by atoms with Gasteiger partial charge in [-0.2, -0.15) is 0 Å². The molecule has 1 rings (SSSR count). The van der Waals surface area contributed by atoms with Crippen molar-refractivity contribution in [1.82, 2.24) is 0 Å². The predicted octanol–water partition coefficient (Wildman–Crippen LogP) is 3.71. The van der Waals surface area contributed by atoms with Crippen LogP contribution in [-0.2, 0) is 6.42 Å². The van der Waals surface area contributed by atoms with E-state index in [4.69, 9.17) is 4.74 Å². The largest absolute Gasteiger partial charge is 0.508 e. The van der Waals surface area contributed by atoms with Crippen LogP contribution in [-0.4, -0.2) is 21.6 Å². The molecule has 122 valence electrons. The van der Waals surface area contributed by atoms with Gasteiger partial charge in [-0.3, -0.25) is 0 Å². The molecule has 0 saturated carbocycles. The van der Waals surface area contributed by atoms with Crippen molar-refractivity contribution in [3.05, 3.63) is 29.3 Å². The lowest BCUT2D eigenvalue weighted by atomic mass is 9.82. The molecule has 22 heavy (non-hydrogen) atoms. The van der Waals surface area contributed by atoms with Crippen LogP contribution in [0.15, 0.2) is 18.2 Å². The van der Waals surface area contributed by atoms with Gasteiger partial charge in [-0.1, -0.05) is 58.9 Å². The highest BCUT2D eigenvalue weighted by atomic mass is 16.5. The summed E-state index contributed by atoms with van der Waals surface area (Å²) in [5, 5.41) is 0. The molecule has 0 aliphatic rings. The van der Waals surface area contributed by atoms with Crippen LogP contribution in [0.4, 0.5) is 0 Å². The van der Waals surface area contributed by atoms with Gasteiger partial charge in [0.15, 0.2) is 0 Å². The van der Waals surface area contributed by atoms with E-state index in [2.05, 4.69) is 61.6 Å². The fourth-order valence-electron chi connectivity index (χ4n) is 2.97. The SMILES string of the molecule is BC(B)Oc1ccc(C[C@H](C)C(C)CCCCCC)c(C)c1. The van der Waals surface area contributed by atoms with E-state index in [9.17, 15) is 0 Å². The lowest BCUT2D eigenvalue weighted by Crippen LogP contribution is -2.16. The molecule has 1 aromatic rings. The molecule has 0 heterocycles. The highest BCUT2D eigenvalue weighted by molar-refractivity contribution is 6.34. The summed E-state index contributed by atoms with van der Waals surface area (Å²) in [6.45, 7) is 9.31. The minimum absolute atomic E-state index is 0.243. The molecule has 3 heteroatoms. The Labute approximate surface area is 140 Å². The Morgan fingerprint density at radius 1 is 1.05 bits per heavy atom. The van der Waals surface area contributed by atoms with E-state index in [1.165, 1.54) is 49.7 Å². The third kappa shape index (κ3) is 6.94. The summed E-state index contributed by atoms with van der Waals surface area (Å²) in [5.41, 5.74) is 2.84. The van der Waals surface area contributed by atoms with Crippen LogP contribution in [0.1, 0.15) is 64.0 Å². The van der Waals surface area contributed by atoms with Gasteiger partial charge in [-0.15, -0.1) is 0 Å². The lowest BCUT2D eigenvalue weighted by molar-refractivity contribution is 0.346. The van der Waals surface area contributed by atoms with E-state index in [-0.39, 0.29) is 5.90 Å². The van der Waals surface area contributed by atoms with Crippen molar-refractivity contribution in [2.24, 2.45) is 11.8 Å². The highest BCUT2D eigenvalue weighted by Gasteiger charge is 2.14. The molecule has 1 nitrogen and oxygen atoms in total. The Hall–Kier alpha value is -0.850. The van der Waals surface area contributed by atoms with Crippen LogP contribution in [0.25, 0.3) is 0 Å². The molecular formula is C19H34B2O. The molecule has 0 aliphatic heterocycles. The number of hydrogen-bond acceptors (Lipinski definition) is 1. The topological polar surface area (TPSA) is 9.23 Å². The number of aryl methyl sites for hydroxylation is 1. The average molecular weight is 300 g/mol.